The smallest absolute Gasteiger partial charge is 0.305 e. The molecule has 0 radical (unpaired) electrons. The number of esters is 1. The lowest BCUT2D eigenvalue weighted by atomic mass is 10.1. The summed E-state index contributed by atoms with van der Waals surface area (Å²) in [4.78, 5) is 11.0. The highest BCUT2D eigenvalue weighted by Crippen LogP contribution is 2.03. The van der Waals surface area contributed by atoms with Crippen molar-refractivity contribution in [1.82, 2.24) is 5.32 Å². The van der Waals surface area contributed by atoms with Gasteiger partial charge in [0.2, 0.25) is 0 Å². The molecule has 3 nitrogen and oxygen atoms in total. The van der Waals surface area contributed by atoms with E-state index in [1.807, 2.05) is 6.92 Å². The molecule has 0 fully saturated rings. The summed E-state index contributed by atoms with van der Waals surface area (Å²) in [6.45, 7) is 9.83. The van der Waals surface area contributed by atoms with Crippen molar-refractivity contribution in [1.29, 1.82) is 0 Å². The molecule has 0 bridgehead atoms. The van der Waals surface area contributed by atoms with Crippen molar-refractivity contribution < 1.29 is 9.53 Å². The topological polar surface area (TPSA) is 38.3 Å². The third-order valence-electron chi connectivity index (χ3n) is 2.18. The Hall–Kier alpha value is -0.570. The van der Waals surface area contributed by atoms with Crippen LogP contribution in [-0.4, -0.2) is 25.2 Å². The van der Waals surface area contributed by atoms with Gasteiger partial charge in [-0.3, -0.25) is 4.79 Å². The Balaban J connectivity index is 3.34. The standard InChI is InChI=1S/C12H25NO2/c1-5-15-12(14)7-6-8-13-11(4)9-10(2)3/h10-11,13H,5-9H2,1-4H3. The summed E-state index contributed by atoms with van der Waals surface area (Å²) in [7, 11) is 0. The van der Waals surface area contributed by atoms with Crippen molar-refractivity contribution in [2.75, 3.05) is 13.2 Å². The molecular weight excluding hydrogens is 190 g/mol. The van der Waals surface area contributed by atoms with Crippen LogP contribution in [-0.2, 0) is 9.53 Å². The first-order chi connectivity index (χ1) is 7.06. The van der Waals surface area contributed by atoms with Crippen LogP contribution in [0.3, 0.4) is 0 Å². The summed E-state index contributed by atoms with van der Waals surface area (Å²) in [6, 6.07) is 0.534. The van der Waals surface area contributed by atoms with E-state index >= 15 is 0 Å². The summed E-state index contributed by atoms with van der Waals surface area (Å²) >= 11 is 0. The number of carbonyl (C=O) groups excluding carboxylic acids is 1. The van der Waals surface area contributed by atoms with Crippen LogP contribution in [0.1, 0.15) is 47.0 Å². The average Bonchev–Trinajstić information content (AvgIpc) is 2.12. The maximum absolute atomic E-state index is 11.0. The Morgan fingerprint density at radius 2 is 2.00 bits per heavy atom. The molecule has 0 heterocycles. The lowest BCUT2D eigenvalue weighted by molar-refractivity contribution is -0.143. The second kappa shape index (κ2) is 8.72. The molecule has 0 saturated heterocycles. The van der Waals surface area contributed by atoms with Gasteiger partial charge in [0.25, 0.3) is 0 Å². The zero-order chi connectivity index (χ0) is 11.7. The molecule has 0 saturated carbocycles. The van der Waals surface area contributed by atoms with Gasteiger partial charge in [-0.05, 0) is 39.2 Å². The van der Waals surface area contributed by atoms with Crippen molar-refractivity contribution in [3.05, 3.63) is 0 Å². The van der Waals surface area contributed by atoms with E-state index in [1.165, 1.54) is 6.42 Å². The van der Waals surface area contributed by atoms with E-state index in [4.69, 9.17) is 4.74 Å². The molecule has 0 aliphatic rings. The number of nitrogens with one attached hydrogen (secondary N) is 1. The number of hydrogen-bond donors (Lipinski definition) is 1. The van der Waals surface area contributed by atoms with Crippen LogP contribution in [0.5, 0.6) is 0 Å². The van der Waals surface area contributed by atoms with Crippen LogP contribution >= 0.6 is 0 Å². The molecular formula is C12H25NO2. The first-order valence-corrected chi connectivity index (χ1v) is 5.95. The van der Waals surface area contributed by atoms with E-state index in [-0.39, 0.29) is 5.97 Å². The Labute approximate surface area is 93.6 Å². The van der Waals surface area contributed by atoms with Gasteiger partial charge in [0.1, 0.15) is 0 Å². The molecule has 1 atom stereocenters. The fraction of sp³-hybridized carbons (Fsp3) is 0.917. The van der Waals surface area contributed by atoms with Gasteiger partial charge < -0.3 is 10.1 Å². The minimum Gasteiger partial charge on any atom is -0.466 e. The number of rotatable bonds is 8. The van der Waals surface area contributed by atoms with E-state index in [1.54, 1.807) is 0 Å². The molecule has 0 spiro atoms. The van der Waals surface area contributed by atoms with Gasteiger partial charge in [-0.2, -0.15) is 0 Å². The maximum atomic E-state index is 11.0. The Morgan fingerprint density at radius 3 is 2.53 bits per heavy atom. The van der Waals surface area contributed by atoms with Gasteiger partial charge >= 0.3 is 5.97 Å². The summed E-state index contributed by atoms with van der Waals surface area (Å²) in [5.74, 6) is 0.633. The van der Waals surface area contributed by atoms with E-state index in [9.17, 15) is 4.79 Å². The summed E-state index contributed by atoms with van der Waals surface area (Å²) in [5.41, 5.74) is 0. The molecule has 0 aliphatic carbocycles. The van der Waals surface area contributed by atoms with Gasteiger partial charge in [-0.1, -0.05) is 13.8 Å². The molecule has 0 aliphatic heterocycles. The van der Waals surface area contributed by atoms with Crippen molar-refractivity contribution >= 4 is 5.97 Å². The number of hydrogen-bond acceptors (Lipinski definition) is 3. The summed E-state index contributed by atoms with van der Waals surface area (Å²) in [6.07, 6.45) is 2.57. The van der Waals surface area contributed by atoms with E-state index < -0.39 is 0 Å². The first-order valence-electron chi connectivity index (χ1n) is 5.95. The zero-order valence-electron chi connectivity index (χ0n) is 10.5. The third-order valence-corrected chi connectivity index (χ3v) is 2.18. The summed E-state index contributed by atoms with van der Waals surface area (Å²) < 4.78 is 4.85. The van der Waals surface area contributed by atoms with Gasteiger partial charge in [0.15, 0.2) is 0 Å². The van der Waals surface area contributed by atoms with Gasteiger partial charge in [-0.15, -0.1) is 0 Å². The van der Waals surface area contributed by atoms with Gasteiger partial charge in [-0.25, -0.2) is 0 Å². The molecule has 15 heavy (non-hydrogen) atoms. The maximum Gasteiger partial charge on any atom is 0.305 e. The van der Waals surface area contributed by atoms with E-state index in [0.717, 1.165) is 18.9 Å². The van der Waals surface area contributed by atoms with Crippen molar-refractivity contribution in [3.63, 3.8) is 0 Å². The normalized spacial score (nSPS) is 12.9. The molecule has 0 rings (SSSR count). The Kier molecular flexibility index (Phi) is 8.38. The lowest BCUT2D eigenvalue weighted by Crippen LogP contribution is -2.28. The average molecular weight is 215 g/mol. The fourth-order valence-corrected chi connectivity index (χ4v) is 1.60. The highest BCUT2D eigenvalue weighted by atomic mass is 16.5. The molecule has 0 amide bonds. The van der Waals surface area contributed by atoms with Crippen LogP contribution in [0.2, 0.25) is 0 Å². The number of ether oxygens (including phenoxy) is 1. The first kappa shape index (κ1) is 14.4. The SMILES string of the molecule is CCOC(=O)CCCNC(C)CC(C)C. The predicted octanol–water partition coefficient (Wildman–Crippen LogP) is 2.35. The minimum absolute atomic E-state index is 0.0872. The second-order valence-electron chi connectivity index (χ2n) is 4.39. The van der Waals surface area contributed by atoms with Crippen LogP contribution in [0, 0.1) is 5.92 Å². The lowest BCUT2D eigenvalue weighted by Gasteiger charge is -2.15. The highest BCUT2D eigenvalue weighted by Gasteiger charge is 2.05. The zero-order valence-corrected chi connectivity index (χ0v) is 10.5. The van der Waals surface area contributed by atoms with Gasteiger partial charge in [0.05, 0.1) is 6.61 Å². The highest BCUT2D eigenvalue weighted by molar-refractivity contribution is 5.69. The monoisotopic (exact) mass is 215 g/mol. The molecule has 0 aromatic carbocycles. The van der Waals surface area contributed by atoms with Crippen molar-refractivity contribution in [3.8, 4) is 0 Å². The van der Waals surface area contributed by atoms with Crippen LogP contribution in [0.4, 0.5) is 0 Å². The van der Waals surface area contributed by atoms with Crippen LogP contribution in [0.15, 0.2) is 0 Å². The van der Waals surface area contributed by atoms with Crippen molar-refractivity contribution in [2.24, 2.45) is 5.92 Å². The Bertz CT molecular complexity index is 169. The Morgan fingerprint density at radius 1 is 1.33 bits per heavy atom. The second-order valence-corrected chi connectivity index (χ2v) is 4.39. The van der Waals surface area contributed by atoms with E-state index in [0.29, 0.717) is 19.1 Å². The fourth-order valence-electron chi connectivity index (χ4n) is 1.60. The predicted molar refractivity (Wildman–Crippen MR) is 62.8 cm³/mol. The molecule has 0 aromatic rings. The van der Waals surface area contributed by atoms with Gasteiger partial charge in [0, 0.05) is 12.5 Å². The van der Waals surface area contributed by atoms with Crippen LogP contribution < -0.4 is 5.32 Å². The number of carbonyl (C=O) groups is 1. The molecule has 0 aromatic heterocycles. The molecule has 1 unspecified atom stereocenters. The molecule has 90 valence electrons. The minimum atomic E-state index is -0.0872. The van der Waals surface area contributed by atoms with Crippen molar-refractivity contribution in [2.45, 2.75) is 53.0 Å². The molecule has 3 heteroatoms. The quantitative estimate of drug-likeness (QED) is 0.499. The molecule has 1 N–H and O–H groups in total. The summed E-state index contributed by atoms with van der Waals surface area (Å²) in [5, 5.41) is 3.40. The van der Waals surface area contributed by atoms with Crippen LogP contribution in [0.25, 0.3) is 0 Å². The third kappa shape index (κ3) is 9.73. The largest absolute Gasteiger partial charge is 0.466 e. The van der Waals surface area contributed by atoms with E-state index in [2.05, 4.69) is 26.1 Å².